The van der Waals surface area contributed by atoms with E-state index in [2.05, 4.69) is 0 Å². The third-order valence-corrected chi connectivity index (χ3v) is 0.686. The molecule has 1 aliphatic rings. The highest BCUT2D eigenvalue weighted by atomic mass is 19.3. The van der Waals surface area contributed by atoms with Crippen LogP contribution in [0, 0.1) is 0 Å². The van der Waals surface area contributed by atoms with Crippen molar-refractivity contribution in [2.45, 2.75) is 5.92 Å². The van der Waals surface area contributed by atoms with Crippen LogP contribution in [-0.2, 0) is 0 Å². The van der Waals surface area contributed by atoms with Gasteiger partial charge in [0.15, 0.2) is 0 Å². The highest BCUT2D eigenvalue weighted by Gasteiger charge is 2.36. The lowest BCUT2D eigenvalue weighted by molar-refractivity contribution is -0.0475. The van der Waals surface area contributed by atoms with Gasteiger partial charge < -0.3 is 5.31 Å². The third-order valence-electron chi connectivity index (χ3n) is 0.686. The Labute approximate surface area is 35.8 Å². The summed E-state index contributed by atoms with van der Waals surface area (Å²) in [5.41, 5.74) is 0. The van der Waals surface area contributed by atoms with Gasteiger partial charge in [-0.15, -0.1) is 0 Å². The number of rotatable bonds is 0. The van der Waals surface area contributed by atoms with Gasteiger partial charge in [-0.2, -0.15) is 0 Å². The molecule has 0 aliphatic carbocycles. The van der Waals surface area contributed by atoms with Gasteiger partial charge in [0.25, 0.3) is 5.92 Å². The maximum atomic E-state index is 11.6. The van der Waals surface area contributed by atoms with Crippen molar-refractivity contribution in [2.24, 2.45) is 0 Å². The molecule has 1 saturated heterocycles. The Balaban J connectivity index is 2.29. The van der Waals surface area contributed by atoms with Crippen molar-refractivity contribution in [3.63, 3.8) is 0 Å². The SMILES string of the molecule is [2H]N1CC(F)(F)C1. The molecule has 0 bridgehead atoms. The molecule has 0 spiro atoms. The van der Waals surface area contributed by atoms with Crippen molar-refractivity contribution < 1.29 is 10.2 Å². The molecule has 0 radical (unpaired) electrons. The molecule has 1 rings (SSSR count). The van der Waals surface area contributed by atoms with Crippen LogP contribution in [0.4, 0.5) is 8.78 Å². The molecule has 6 heavy (non-hydrogen) atoms. The molecular weight excluding hydrogens is 88.0 g/mol. The van der Waals surface area contributed by atoms with E-state index in [1.807, 2.05) is 0 Å². The highest BCUT2D eigenvalue weighted by Crippen LogP contribution is 2.16. The molecule has 1 aliphatic heterocycles. The van der Waals surface area contributed by atoms with Crippen LogP contribution >= 0.6 is 0 Å². The predicted octanol–water partition coefficient (Wildman–Crippen LogP) is 0.225. The lowest BCUT2D eigenvalue weighted by atomic mass is 10.2. The summed E-state index contributed by atoms with van der Waals surface area (Å²) >= 11 is 0. The summed E-state index contributed by atoms with van der Waals surface area (Å²) in [5.74, 6) is -2.57. The van der Waals surface area contributed by atoms with Gasteiger partial charge >= 0.3 is 0 Å². The zero-order valence-electron chi connectivity index (χ0n) is 4.12. The lowest BCUT2D eigenvalue weighted by Crippen LogP contribution is -2.52. The van der Waals surface area contributed by atoms with E-state index in [-0.39, 0.29) is 0 Å². The summed E-state index contributed by atoms with van der Waals surface area (Å²) in [4.78, 5) is 0. The number of hydrogen-bond acceptors (Lipinski definition) is 1. The highest BCUT2D eigenvalue weighted by molar-refractivity contribution is 4.81. The Kier molecular flexibility index (Phi) is 0.438. The summed E-state index contributed by atoms with van der Waals surface area (Å²) < 4.78 is 29.8. The van der Waals surface area contributed by atoms with E-state index in [9.17, 15) is 8.78 Å². The standard InChI is InChI=1S/C3H5F2N/c4-3(5)1-6-2-3/h6H,1-2H2/i/hD. The molecule has 1 N–H and O–H groups in total. The van der Waals surface area contributed by atoms with Crippen LogP contribution in [0.5, 0.6) is 0 Å². The van der Waals surface area contributed by atoms with Crippen molar-refractivity contribution in [1.82, 2.24) is 5.31 Å². The second-order valence-electron chi connectivity index (χ2n) is 1.40. The molecule has 0 saturated carbocycles. The number of halogens is 2. The van der Waals surface area contributed by atoms with Gasteiger partial charge in [0.05, 0.1) is 13.1 Å². The second-order valence-corrected chi connectivity index (χ2v) is 1.40. The predicted molar refractivity (Wildman–Crippen MR) is 17.8 cm³/mol. The van der Waals surface area contributed by atoms with Crippen LogP contribution in [0.2, 0.25) is 1.41 Å². The maximum absolute atomic E-state index is 11.6. The Morgan fingerprint density at radius 3 is 2.17 bits per heavy atom. The normalized spacial score (nSPS) is 34.7. The zero-order valence-corrected chi connectivity index (χ0v) is 3.12. The van der Waals surface area contributed by atoms with Gasteiger partial charge in [-0.3, -0.25) is 0 Å². The van der Waals surface area contributed by atoms with Crippen LogP contribution in [-0.4, -0.2) is 19.0 Å². The van der Waals surface area contributed by atoms with Gasteiger partial charge in [0.1, 0.15) is 1.41 Å². The Morgan fingerprint density at radius 1 is 1.67 bits per heavy atom. The summed E-state index contributed by atoms with van der Waals surface area (Å²) in [5, 5.41) is 0.833. The van der Waals surface area contributed by atoms with Crippen LogP contribution in [0.15, 0.2) is 0 Å². The smallest absolute Gasteiger partial charge is 0.272 e. The molecule has 0 amide bonds. The second kappa shape index (κ2) is 0.904. The maximum Gasteiger partial charge on any atom is 0.272 e. The summed E-state index contributed by atoms with van der Waals surface area (Å²) in [6.07, 6.45) is 0. The first-order chi connectivity index (χ1) is 3.10. The average Bonchev–Trinajstić information content (AvgIpc) is 1.27. The van der Waals surface area contributed by atoms with Crippen molar-refractivity contribution in [3.8, 4) is 0 Å². The van der Waals surface area contributed by atoms with Crippen molar-refractivity contribution in [1.29, 1.82) is 0 Å². The molecule has 1 nitrogen and oxygen atoms in total. The van der Waals surface area contributed by atoms with Gasteiger partial charge in [0, 0.05) is 0 Å². The first-order valence-corrected chi connectivity index (χ1v) is 1.72. The monoisotopic (exact) mass is 94.0 g/mol. The quantitative estimate of drug-likeness (QED) is 0.453. The molecule has 1 heterocycles. The number of hydrogen-bond donors (Lipinski definition) is 1. The fraction of sp³-hybridized carbons (Fsp3) is 1.00. The van der Waals surface area contributed by atoms with Crippen molar-refractivity contribution in [2.75, 3.05) is 13.1 Å². The lowest BCUT2D eigenvalue weighted by Gasteiger charge is -2.25. The van der Waals surface area contributed by atoms with Crippen LogP contribution in [0.1, 0.15) is 0 Å². The van der Waals surface area contributed by atoms with Gasteiger partial charge in [-0.25, -0.2) is 8.78 Å². The molecule has 0 aromatic rings. The zero-order chi connectivity index (χ0) is 5.49. The fourth-order valence-electron chi connectivity index (χ4n) is 0.281. The third kappa shape index (κ3) is 0.497. The fourth-order valence-corrected chi connectivity index (χ4v) is 0.281. The van der Waals surface area contributed by atoms with Crippen LogP contribution in [0.25, 0.3) is 0 Å². The minimum atomic E-state index is -2.57. The van der Waals surface area contributed by atoms with E-state index < -0.39 is 19.0 Å². The minimum absolute atomic E-state index is 0.396. The summed E-state index contributed by atoms with van der Waals surface area (Å²) in [6.45, 7) is -0.792. The van der Waals surface area contributed by atoms with E-state index in [0.29, 0.717) is 0 Å². The molecule has 3 heteroatoms. The number of alkyl halides is 2. The molecular formula is C3H5F2N. The first-order valence-electron chi connectivity index (χ1n) is 2.16. The topological polar surface area (TPSA) is 12.0 Å². The van der Waals surface area contributed by atoms with Crippen LogP contribution < -0.4 is 5.31 Å². The molecule has 0 atom stereocenters. The molecule has 36 valence electrons. The van der Waals surface area contributed by atoms with E-state index in [0.717, 1.165) is 5.31 Å². The average molecular weight is 94.1 g/mol. The van der Waals surface area contributed by atoms with E-state index >= 15 is 0 Å². The molecule has 0 aromatic heterocycles. The van der Waals surface area contributed by atoms with Gasteiger partial charge in [0.2, 0.25) is 0 Å². The molecule has 0 unspecified atom stereocenters. The van der Waals surface area contributed by atoms with Gasteiger partial charge in [-0.1, -0.05) is 0 Å². The van der Waals surface area contributed by atoms with Crippen molar-refractivity contribution >= 4 is 0 Å². The first kappa shape index (κ1) is 2.91. The Hall–Kier alpha value is -0.180. The van der Waals surface area contributed by atoms with E-state index in [4.69, 9.17) is 1.41 Å². The van der Waals surface area contributed by atoms with Gasteiger partial charge in [-0.05, 0) is 0 Å². The Bertz CT molecular complexity index is 77.0. The van der Waals surface area contributed by atoms with Crippen molar-refractivity contribution in [3.05, 3.63) is 0 Å². The summed E-state index contributed by atoms with van der Waals surface area (Å²) in [7, 11) is 0. The summed E-state index contributed by atoms with van der Waals surface area (Å²) in [6, 6.07) is 0. The number of nitrogens with one attached hydrogen (secondary N) is 1. The Morgan fingerprint density at radius 2 is 2.17 bits per heavy atom. The molecule has 1 fully saturated rings. The minimum Gasteiger partial charge on any atom is -0.305 e. The van der Waals surface area contributed by atoms with E-state index in [1.165, 1.54) is 0 Å². The van der Waals surface area contributed by atoms with Crippen LogP contribution in [0.3, 0.4) is 0 Å². The molecule has 0 aromatic carbocycles. The largest absolute Gasteiger partial charge is 0.305 e. The van der Waals surface area contributed by atoms with E-state index in [1.54, 1.807) is 0 Å².